The molecule has 0 spiro atoms. The fourth-order valence-corrected chi connectivity index (χ4v) is 2.68. The number of benzene rings is 1. The molecule has 0 radical (unpaired) electrons. The van der Waals surface area contributed by atoms with E-state index in [9.17, 15) is 9.59 Å². The summed E-state index contributed by atoms with van der Waals surface area (Å²) in [6.07, 6.45) is 0. The molecule has 1 heterocycles. The van der Waals surface area contributed by atoms with Crippen LogP contribution in [0.4, 0.5) is 0 Å². The van der Waals surface area contributed by atoms with Gasteiger partial charge in [-0.05, 0) is 39.0 Å². The zero-order valence-electron chi connectivity index (χ0n) is 13.4. The number of hydrogen-bond donors (Lipinski definition) is 1. The highest BCUT2D eigenvalue weighted by Gasteiger charge is 2.34. The van der Waals surface area contributed by atoms with Gasteiger partial charge in [0.15, 0.2) is 0 Å². The Morgan fingerprint density at radius 1 is 1.35 bits per heavy atom. The number of carbonyl (C=O) groups is 2. The molecule has 23 heavy (non-hydrogen) atoms. The quantitative estimate of drug-likeness (QED) is 0.903. The van der Waals surface area contributed by atoms with E-state index in [1.54, 1.807) is 17.0 Å². The van der Waals surface area contributed by atoms with Crippen molar-refractivity contribution >= 4 is 35.0 Å². The summed E-state index contributed by atoms with van der Waals surface area (Å²) < 4.78 is 5.67. The van der Waals surface area contributed by atoms with Crippen molar-refractivity contribution in [2.75, 3.05) is 19.7 Å². The molecule has 1 aliphatic rings. The van der Waals surface area contributed by atoms with Gasteiger partial charge in [-0.25, -0.2) is 0 Å². The van der Waals surface area contributed by atoms with E-state index in [-0.39, 0.29) is 30.0 Å². The first-order valence-electron chi connectivity index (χ1n) is 7.36. The summed E-state index contributed by atoms with van der Waals surface area (Å²) in [5, 5.41) is 3.30. The van der Waals surface area contributed by atoms with Gasteiger partial charge in [0.2, 0.25) is 5.91 Å². The second kappa shape index (κ2) is 7.07. The lowest BCUT2D eigenvalue weighted by Crippen LogP contribution is -2.57. The number of ether oxygens (including phenoxy) is 1. The molecule has 1 aromatic carbocycles. The molecular weight excluding hydrogens is 339 g/mol. The predicted molar refractivity (Wildman–Crippen MR) is 90.0 cm³/mol. The monoisotopic (exact) mass is 358 g/mol. The Morgan fingerprint density at radius 3 is 2.70 bits per heavy atom. The van der Waals surface area contributed by atoms with Gasteiger partial charge >= 0.3 is 0 Å². The Kier molecular flexibility index (Phi) is 5.55. The van der Waals surface area contributed by atoms with Crippen molar-refractivity contribution in [2.24, 2.45) is 0 Å². The van der Waals surface area contributed by atoms with Crippen LogP contribution in [0.5, 0.6) is 0 Å². The summed E-state index contributed by atoms with van der Waals surface area (Å²) in [6, 6.07) is 4.57. The molecule has 1 saturated heterocycles. The van der Waals surface area contributed by atoms with Crippen LogP contribution in [0.2, 0.25) is 10.0 Å². The summed E-state index contributed by atoms with van der Waals surface area (Å²) in [6.45, 7) is 6.71. The molecule has 0 unspecified atom stereocenters. The van der Waals surface area contributed by atoms with E-state index in [0.29, 0.717) is 28.8 Å². The third-order valence-corrected chi connectivity index (χ3v) is 4.44. The predicted octanol–water partition coefficient (Wildman–Crippen LogP) is 2.75. The summed E-state index contributed by atoms with van der Waals surface area (Å²) in [7, 11) is 0. The summed E-state index contributed by atoms with van der Waals surface area (Å²) in [4.78, 5) is 26.2. The van der Waals surface area contributed by atoms with E-state index < -0.39 is 0 Å². The van der Waals surface area contributed by atoms with E-state index in [1.807, 2.05) is 20.8 Å². The number of carbonyl (C=O) groups excluding carboxylic acids is 2. The van der Waals surface area contributed by atoms with Gasteiger partial charge in [0, 0.05) is 12.1 Å². The molecule has 0 aromatic heterocycles. The van der Waals surface area contributed by atoms with Crippen molar-refractivity contribution in [3.63, 3.8) is 0 Å². The summed E-state index contributed by atoms with van der Waals surface area (Å²) in [5.74, 6) is -0.501. The Morgan fingerprint density at radius 2 is 2.04 bits per heavy atom. The van der Waals surface area contributed by atoms with Gasteiger partial charge in [-0.2, -0.15) is 0 Å². The third kappa shape index (κ3) is 4.59. The van der Waals surface area contributed by atoms with Gasteiger partial charge in [0.1, 0.15) is 0 Å². The smallest absolute Gasteiger partial charge is 0.251 e. The molecule has 0 bridgehead atoms. The molecule has 1 atom stereocenters. The Balaban J connectivity index is 1.95. The fourth-order valence-electron chi connectivity index (χ4n) is 2.38. The molecule has 7 heteroatoms. The fraction of sp³-hybridized carbons (Fsp3) is 0.500. The first-order chi connectivity index (χ1) is 10.7. The van der Waals surface area contributed by atoms with E-state index >= 15 is 0 Å². The van der Waals surface area contributed by atoms with E-state index in [2.05, 4.69) is 5.32 Å². The van der Waals surface area contributed by atoms with Crippen molar-refractivity contribution in [3.8, 4) is 0 Å². The van der Waals surface area contributed by atoms with Crippen LogP contribution in [-0.2, 0) is 9.53 Å². The Bertz CT molecular complexity index is 619. The standard InChI is InChI=1S/C16H20Cl2N2O3/c1-10-8-23-16(2,3)9-20(10)14(21)7-19-15(22)11-4-5-12(17)13(18)6-11/h4-6,10H,7-9H2,1-3H3,(H,19,22)/t10-/m0/s1. The SMILES string of the molecule is C[C@H]1COC(C)(C)CN1C(=O)CNC(=O)c1ccc(Cl)c(Cl)c1. The highest BCUT2D eigenvalue weighted by atomic mass is 35.5. The third-order valence-electron chi connectivity index (χ3n) is 3.70. The van der Waals surface area contributed by atoms with Gasteiger partial charge in [0.05, 0.1) is 34.8 Å². The van der Waals surface area contributed by atoms with Gasteiger partial charge in [0.25, 0.3) is 5.91 Å². The number of amides is 2. The Labute approximate surface area is 145 Å². The summed E-state index contributed by atoms with van der Waals surface area (Å²) in [5.41, 5.74) is -0.0156. The molecule has 1 aliphatic heterocycles. The van der Waals surface area contributed by atoms with Crippen molar-refractivity contribution in [3.05, 3.63) is 33.8 Å². The number of rotatable bonds is 3. The molecule has 0 saturated carbocycles. The van der Waals surface area contributed by atoms with Crippen molar-refractivity contribution in [1.82, 2.24) is 10.2 Å². The van der Waals surface area contributed by atoms with Gasteiger partial charge in [-0.1, -0.05) is 23.2 Å². The lowest BCUT2D eigenvalue weighted by molar-refractivity contribution is -0.153. The van der Waals surface area contributed by atoms with Crippen LogP contribution >= 0.6 is 23.2 Å². The van der Waals surface area contributed by atoms with Crippen molar-refractivity contribution < 1.29 is 14.3 Å². The first kappa shape index (κ1) is 18.0. The van der Waals surface area contributed by atoms with Crippen LogP contribution in [0, 0.1) is 0 Å². The largest absolute Gasteiger partial charge is 0.372 e. The van der Waals surface area contributed by atoms with Crippen LogP contribution in [0.1, 0.15) is 31.1 Å². The number of nitrogens with zero attached hydrogens (tertiary/aromatic N) is 1. The average Bonchev–Trinajstić information content (AvgIpc) is 2.49. The minimum absolute atomic E-state index is 0.0163. The maximum Gasteiger partial charge on any atom is 0.251 e. The lowest BCUT2D eigenvalue weighted by atomic mass is 10.0. The van der Waals surface area contributed by atoms with E-state index in [1.165, 1.54) is 6.07 Å². The molecule has 2 rings (SSSR count). The zero-order valence-corrected chi connectivity index (χ0v) is 14.9. The highest BCUT2D eigenvalue weighted by molar-refractivity contribution is 6.42. The number of hydrogen-bond acceptors (Lipinski definition) is 3. The normalized spacial score (nSPS) is 20.2. The van der Waals surface area contributed by atoms with E-state index in [0.717, 1.165) is 0 Å². The van der Waals surface area contributed by atoms with Crippen LogP contribution in [0.3, 0.4) is 0 Å². The first-order valence-corrected chi connectivity index (χ1v) is 8.12. The molecule has 5 nitrogen and oxygen atoms in total. The maximum atomic E-state index is 12.4. The van der Waals surface area contributed by atoms with Gasteiger partial charge < -0.3 is 15.0 Å². The average molecular weight is 359 g/mol. The van der Waals surface area contributed by atoms with Gasteiger partial charge in [-0.3, -0.25) is 9.59 Å². The van der Waals surface area contributed by atoms with Crippen molar-refractivity contribution in [2.45, 2.75) is 32.4 Å². The molecule has 1 aromatic rings. The molecule has 1 fully saturated rings. The minimum atomic E-state index is -0.379. The van der Waals surface area contributed by atoms with Crippen LogP contribution in [0.15, 0.2) is 18.2 Å². The molecule has 1 N–H and O–H groups in total. The topological polar surface area (TPSA) is 58.6 Å². The number of nitrogens with one attached hydrogen (secondary N) is 1. The van der Waals surface area contributed by atoms with Crippen LogP contribution in [-0.4, -0.2) is 48.1 Å². The summed E-state index contributed by atoms with van der Waals surface area (Å²) >= 11 is 11.7. The maximum absolute atomic E-state index is 12.4. The highest BCUT2D eigenvalue weighted by Crippen LogP contribution is 2.23. The molecule has 2 amide bonds. The molecule has 126 valence electrons. The van der Waals surface area contributed by atoms with Crippen LogP contribution < -0.4 is 5.32 Å². The van der Waals surface area contributed by atoms with E-state index in [4.69, 9.17) is 27.9 Å². The number of halogens is 2. The second-order valence-electron chi connectivity index (χ2n) is 6.25. The van der Waals surface area contributed by atoms with Crippen molar-refractivity contribution in [1.29, 1.82) is 0 Å². The Hall–Kier alpha value is -1.30. The minimum Gasteiger partial charge on any atom is -0.372 e. The lowest BCUT2D eigenvalue weighted by Gasteiger charge is -2.42. The molecule has 0 aliphatic carbocycles. The second-order valence-corrected chi connectivity index (χ2v) is 7.07. The molecular formula is C16H20Cl2N2O3. The zero-order chi connectivity index (χ0) is 17.2. The van der Waals surface area contributed by atoms with Crippen LogP contribution in [0.25, 0.3) is 0 Å². The van der Waals surface area contributed by atoms with Gasteiger partial charge in [-0.15, -0.1) is 0 Å². The number of morpholine rings is 1.